The molecule has 1 saturated carbocycles. The molecule has 17 heavy (non-hydrogen) atoms. The van der Waals surface area contributed by atoms with Crippen LogP contribution in [0.15, 0.2) is 18.3 Å². The molecule has 0 bridgehead atoms. The molecule has 4 nitrogen and oxygen atoms in total. The van der Waals surface area contributed by atoms with Crippen LogP contribution in [0.2, 0.25) is 0 Å². The highest BCUT2D eigenvalue weighted by Crippen LogP contribution is 2.33. The molecule has 0 spiro atoms. The van der Waals surface area contributed by atoms with Crippen LogP contribution in [0, 0.1) is 5.41 Å². The van der Waals surface area contributed by atoms with Crippen LogP contribution >= 0.6 is 0 Å². The minimum absolute atomic E-state index is 0.0581. The lowest BCUT2D eigenvalue weighted by Gasteiger charge is -2.26. The predicted molar refractivity (Wildman–Crippen MR) is 70.5 cm³/mol. The van der Waals surface area contributed by atoms with Crippen LogP contribution in [0.1, 0.15) is 38.3 Å². The van der Waals surface area contributed by atoms with E-state index in [0.717, 1.165) is 12.2 Å². The Bertz CT molecular complexity index is 398. The Morgan fingerprint density at radius 2 is 2.35 bits per heavy atom. The van der Waals surface area contributed by atoms with E-state index >= 15 is 0 Å². The Kier molecular flexibility index (Phi) is 3.61. The molecule has 92 valence electrons. The van der Waals surface area contributed by atoms with Crippen LogP contribution in [-0.4, -0.2) is 23.4 Å². The lowest BCUT2D eigenvalue weighted by molar-refractivity contribution is 0.711. The van der Waals surface area contributed by atoms with Gasteiger partial charge in [0.15, 0.2) is 0 Å². The third kappa shape index (κ3) is 2.75. The molecule has 4 heteroatoms. The number of nitrogens with zero attached hydrogens (tertiary/aromatic N) is 2. The Hall–Kier alpha value is -1.58. The van der Waals surface area contributed by atoms with Gasteiger partial charge in [0, 0.05) is 18.8 Å². The number of hydrogen-bond donors (Lipinski definition) is 2. The Morgan fingerprint density at radius 3 is 2.94 bits per heavy atom. The second-order valence-corrected chi connectivity index (χ2v) is 4.56. The maximum atomic E-state index is 7.60. The number of nitrogens with two attached hydrogens (primary N) is 1. The van der Waals surface area contributed by atoms with Gasteiger partial charge in [0.25, 0.3) is 0 Å². The fourth-order valence-corrected chi connectivity index (χ4v) is 2.05. The van der Waals surface area contributed by atoms with Gasteiger partial charge < -0.3 is 10.6 Å². The van der Waals surface area contributed by atoms with Crippen LogP contribution in [0.3, 0.4) is 0 Å². The van der Waals surface area contributed by atoms with Crippen molar-refractivity contribution >= 4 is 11.5 Å². The van der Waals surface area contributed by atoms with Crippen molar-refractivity contribution in [2.24, 2.45) is 5.73 Å². The molecule has 0 unspecified atom stereocenters. The summed E-state index contributed by atoms with van der Waals surface area (Å²) < 4.78 is 0. The van der Waals surface area contributed by atoms with Crippen molar-refractivity contribution in [3.05, 3.63) is 24.0 Å². The third-order valence-electron chi connectivity index (χ3n) is 3.09. The van der Waals surface area contributed by atoms with Gasteiger partial charge in [0.2, 0.25) is 0 Å². The maximum Gasteiger partial charge on any atom is 0.143 e. The molecule has 0 saturated heterocycles. The first kappa shape index (κ1) is 11.9. The van der Waals surface area contributed by atoms with Crippen molar-refractivity contribution in [3.8, 4) is 0 Å². The number of hydrogen-bond acceptors (Lipinski definition) is 3. The first-order valence-electron chi connectivity index (χ1n) is 6.30. The predicted octanol–water partition coefficient (Wildman–Crippen LogP) is 2.13. The number of nitrogens with one attached hydrogen (secondary N) is 1. The molecule has 1 aliphatic carbocycles. The Morgan fingerprint density at radius 1 is 1.59 bits per heavy atom. The Labute approximate surface area is 102 Å². The number of amidine groups is 1. The minimum Gasteiger partial charge on any atom is -0.382 e. The molecule has 1 heterocycles. The SMILES string of the molecule is CCCCN(c1cccnc1C(=N)N)C1CC1. The standard InChI is InChI=1S/C13H20N4/c1-2-3-9-17(10-6-7-10)11-5-4-8-16-12(11)13(14)15/h4-5,8,10H,2-3,6-7,9H2,1H3,(H3,14,15). The second-order valence-electron chi connectivity index (χ2n) is 4.56. The van der Waals surface area contributed by atoms with E-state index in [1.54, 1.807) is 6.20 Å². The van der Waals surface area contributed by atoms with Crippen LogP contribution in [0.5, 0.6) is 0 Å². The van der Waals surface area contributed by atoms with Gasteiger partial charge in [0.1, 0.15) is 11.5 Å². The van der Waals surface area contributed by atoms with Crippen LogP contribution < -0.4 is 10.6 Å². The molecular weight excluding hydrogens is 212 g/mol. The van der Waals surface area contributed by atoms with E-state index in [0.29, 0.717) is 11.7 Å². The summed E-state index contributed by atoms with van der Waals surface area (Å²) in [5.41, 5.74) is 7.24. The van der Waals surface area contributed by atoms with Gasteiger partial charge in [-0.3, -0.25) is 10.4 Å². The highest BCUT2D eigenvalue weighted by Gasteiger charge is 2.30. The third-order valence-corrected chi connectivity index (χ3v) is 3.09. The molecule has 1 fully saturated rings. The van der Waals surface area contributed by atoms with E-state index in [9.17, 15) is 0 Å². The van der Waals surface area contributed by atoms with Crippen molar-refractivity contribution in [2.45, 2.75) is 38.6 Å². The summed E-state index contributed by atoms with van der Waals surface area (Å²) in [6.07, 6.45) is 6.54. The van der Waals surface area contributed by atoms with Crippen molar-refractivity contribution in [3.63, 3.8) is 0 Å². The lowest BCUT2D eigenvalue weighted by atomic mass is 10.2. The van der Waals surface area contributed by atoms with E-state index in [2.05, 4.69) is 16.8 Å². The van der Waals surface area contributed by atoms with Crippen LogP contribution in [-0.2, 0) is 0 Å². The molecule has 0 amide bonds. The van der Waals surface area contributed by atoms with E-state index < -0.39 is 0 Å². The maximum absolute atomic E-state index is 7.60. The van der Waals surface area contributed by atoms with Crippen molar-refractivity contribution in [1.82, 2.24) is 4.98 Å². The normalized spacial score (nSPS) is 14.6. The number of pyridine rings is 1. The molecule has 1 aliphatic rings. The zero-order valence-corrected chi connectivity index (χ0v) is 10.3. The van der Waals surface area contributed by atoms with Gasteiger partial charge >= 0.3 is 0 Å². The van der Waals surface area contributed by atoms with Gasteiger partial charge in [-0.1, -0.05) is 13.3 Å². The number of unbranched alkanes of at least 4 members (excludes halogenated alkanes) is 1. The summed E-state index contributed by atoms with van der Waals surface area (Å²) in [5.74, 6) is 0.0581. The Balaban J connectivity index is 2.25. The molecule has 0 radical (unpaired) electrons. The number of nitrogen functional groups attached to an aromatic ring is 1. The summed E-state index contributed by atoms with van der Waals surface area (Å²) >= 11 is 0. The van der Waals surface area contributed by atoms with Gasteiger partial charge in [-0.15, -0.1) is 0 Å². The lowest BCUT2D eigenvalue weighted by Crippen LogP contribution is -2.30. The fourth-order valence-electron chi connectivity index (χ4n) is 2.05. The van der Waals surface area contributed by atoms with Crippen molar-refractivity contribution in [2.75, 3.05) is 11.4 Å². The van der Waals surface area contributed by atoms with Gasteiger partial charge in [-0.05, 0) is 31.4 Å². The summed E-state index contributed by atoms with van der Waals surface area (Å²) in [4.78, 5) is 6.59. The number of aromatic nitrogens is 1. The topological polar surface area (TPSA) is 66.0 Å². The quantitative estimate of drug-likeness (QED) is 0.583. The number of anilines is 1. The molecule has 3 N–H and O–H groups in total. The first-order chi connectivity index (χ1) is 8.24. The minimum atomic E-state index is 0.0581. The monoisotopic (exact) mass is 232 g/mol. The zero-order chi connectivity index (χ0) is 12.3. The molecule has 1 aromatic rings. The summed E-state index contributed by atoms with van der Waals surface area (Å²) in [6, 6.07) is 4.57. The summed E-state index contributed by atoms with van der Waals surface area (Å²) in [6.45, 7) is 3.23. The first-order valence-corrected chi connectivity index (χ1v) is 6.30. The summed E-state index contributed by atoms with van der Waals surface area (Å²) in [5, 5.41) is 7.60. The highest BCUT2D eigenvalue weighted by molar-refractivity contribution is 5.98. The van der Waals surface area contributed by atoms with E-state index in [1.165, 1.54) is 25.7 Å². The van der Waals surface area contributed by atoms with Crippen LogP contribution in [0.25, 0.3) is 0 Å². The molecule has 2 rings (SSSR count). The summed E-state index contributed by atoms with van der Waals surface area (Å²) in [7, 11) is 0. The van der Waals surface area contributed by atoms with Crippen molar-refractivity contribution in [1.29, 1.82) is 5.41 Å². The smallest absolute Gasteiger partial charge is 0.143 e. The highest BCUT2D eigenvalue weighted by atomic mass is 15.2. The largest absolute Gasteiger partial charge is 0.382 e. The molecular formula is C13H20N4. The van der Waals surface area contributed by atoms with Crippen molar-refractivity contribution < 1.29 is 0 Å². The number of rotatable bonds is 6. The fraction of sp³-hybridized carbons (Fsp3) is 0.538. The molecule has 0 atom stereocenters. The van der Waals surface area contributed by atoms with Gasteiger partial charge in [0.05, 0.1) is 5.69 Å². The second kappa shape index (κ2) is 5.17. The van der Waals surface area contributed by atoms with E-state index in [-0.39, 0.29) is 5.84 Å². The van der Waals surface area contributed by atoms with Crippen LogP contribution in [0.4, 0.5) is 5.69 Å². The van der Waals surface area contributed by atoms with Gasteiger partial charge in [-0.25, -0.2) is 0 Å². The zero-order valence-electron chi connectivity index (χ0n) is 10.3. The van der Waals surface area contributed by atoms with E-state index in [1.807, 2.05) is 12.1 Å². The molecule has 0 aliphatic heterocycles. The molecule has 1 aromatic heterocycles. The van der Waals surface area contributed by atoms with Gasteiger partial charge in [-0.2, -0.15) is 0 Å². The van der Waals surface area contributed by atoms with E-state index in [4.69, 9.17) is 11.1 Å². The average Bonchev–Trinajstić information content (AvgIpc) is 3.14. The average molecular weight is 232 g/mol. The molecule has 0 aromatic carbocycles.